The Morgan fingerprint density at radius 1 is 0.708 bits per heavy atom. The molecule has 2 aromatic carbocycles. The summed E-state index contributed by atoms with van der Waals surface area (Å²) in [6.07, 6.45) is 4.47. The maximum absolute atomic E-state index is 6.92. The second-order valence-corrected chi connectivity index (χ2v) is 9.26. The molecule has 0 spiro atoms. The Hall–Kier alpha value is -0.400. The number of halogens is 2. The molecule has 0 amide bonds. The van der Waals surface area contributed by atoms with E-state index < -0.39 is 9.75 Å². The monoisotopic (exact) mass is 444 g/mol. The number of benzene rings is 2. The van der Waals surface area contributed by atoms with E-state index in [1.54, 1.807) is 0 Å². The van der Waals surface area contributed by atoms with Crippen molar-refractivity contribution in [3.63, 3.8) is 0 Å². The molecule has 118 valence electrons. The predicted octanol–water partition coefficient (Wildman–Crippen LogP) is 5.71. The number of hydrogen-bond acceptors (Lipinski definition) is 0. The smallest absolute Gasteiger partial charge is 0.110 e. The van der Waals surface area contributed by atoms with Crippen LogP contribution >= 0.6 is 23.2 Å². The third kappa shape index (κ3) is 2.76. The van der Waals surface area contributed by atoms with Gasteiger partial charge in [-0.1, -0.05) is 71.1 Å². The first kappa shape index (κ1) is 18.4. The minimum absolute atomic E-state index is 0. The van der Waals surface area contributed by atoms with Crippen molar-refractivity contribution >= 4 is 44.9 Å². The molecule has 0 heterocycles. The van der Waals surface area contributed by atoms with Crippen LogP contribution in [0, 0.1) is 0 Å². The molecule has 0 bridgehead atoms. The zero-order chi connectivity index (χ0) is 16.2. The fourth-order valence-corrected chi connectivity index (χ4v) is 5.65. The van der Waals surface area contributed by atoms with Crippen LogP contribution in [0.1, 0.15) is 36.1 Å². The molecule has 0 fully saturated rings. The summed E-state index contributed by atoms with van der Waals surface area (Å²) >= 11 is 13.8. The van der Waals surface area contributed by atoms with E-state index in [-0.39, 0.29) is 26.2 Å². The molecule has 0 aromatic heterocycles. The van der Waals surface area contributed by atoms with Gasteiger partial charge in [-0.25, -0.2) is 0 Å². The van der Waals surface area contributed by atoms with Gasteiger partial charge in [0.15, 0.2) is 0 Å². The van der Waals surface area contributed by atoms with E-state index in [1.807, 2.05) is 0 Å². The van der Waals surface area contributed by atoms with Gasteiger partial charge >= 0.3 is 0 Å². The van der Waals surface area contributed by atoms with Crippen LogP contribution in [0.3, 0.4) is 0 Å². The van der Waals surface area contributed by atoms with E-state index in [0.29, 0.717) is 9.52 Å². The van der Waals surface area contributed by atoms with Gasteiger partial charge in [-0.15, -0.1) is 23.2 Å². The van der Waals surface area contributed by atoms with Crippen molar-refractivity contribution in [2.75, 3.05) is 0 Å². The summed E-state index contributed by atoms with van der Waals surface area (Å²) in [6, 6.07) is 16.7. The molecule has 0 aliphatic heterocycles. The third-order valence-corrected chi connectivity index (χ3v) is 7.77. The van der Waals surface area contributed by atoms with Gasteiger partial charge in [0.25, 0.3) is 0 Å². The van der Waals surface area contributed by atoms with Crippen LogP contribution in [0.5, 0.6) is 0 Å². The average molecular weight is 447 g/mol. The third-order valence-electron chi connectivity index (χ3n) is 4.81. The summed E-state index contributed by atoms with van der Waals surface area (Å²) in [5.74, 6) is 0. The Morgan fingerprint density at radius 3 is 1.46 bits per heavy atom. The van der Waals surface area contributed by atoms with Crippen molar-refractivity contribution in [3.05, 3.63) is 81.2 Å². The Kier molecular flexibility index (Phi) is 4.90. The van der Waals surface area contributed by atoms with E-state index in [9.17, 15) is 0 Å². The molecular weight excluding hydrogens is 430 g/mol. The second kappa shape index (κ2) is 6.40. The maximum Gasteiger partial charge on any atom is 0.115 e. The molecule has 4 heteroatoms. The zero-order valence-electron chi connectivity index (χ0n) is 13.5. The van der Waals surface area contributed by atoms with Gasteiger partial charge in [-0.2, -0.15) is 0 Å². The van der Waals surface area contributed by atoms with Gasteiger partial charge in [-0.05, 0) is 36.1 Å². The van der Waals surface area contributed by atoms with E-state index in [1.165, 1.54) is 32.6 Å². The average Bonchev–Trinajstić information content (AvgIpc) is 2.92. The van der Waals surface area contributed by atoms with E-state index in [0.717, 1.165) is 0 Å². The molecule has 2 unspecified atom stereocenters. The molecule has 0 saturated heterocycles. The standard InChI is InChI=1S/C20H16Cl2Si.Zr/c1-19(21)15-9-5-3-7-13(15)11-17(19)23-18-12-14-8-4-6-10-16(14)20(18,2)22;/h3-12H,1-2H3;. The summed E-state index contributed by atoms with van der Waals surface area (Å²) in [5.41, 5.74) is 4.83. The van der Waals surface area contributed by atoms with Gasteiger partial charge in [-0.3, -0.25) is 0 Å². The van der Waals surface area contributed by atoms with Crippen molar-refractivity contribution in [3.8, 4) is 0 Å². The van der Waals surface area contributed by atoms with Crippen molar-refractivity contribution in [1.82, 2.24) is 0 Å². The van der Waals surface area contributed by atoms with Gasteiger partial charge in [0, 0.05) is 26.2 Å². The van der Waals surface area contributed by atoms with Crippen LogP contribution in [0.25, 0.3) is 12.2 Å². The Labute approximate surface area is 174 Å². The summed E-state index contributed by atoms with van der Waals surface area (Å²) in [6.45, 7) is 4.18. The van der Waals surface area contributed by atoms with Gasteiger partial charge in [0.05, 0.1) is 9.75 Å². The molecule has 2 aromatic rings. The minimum atomic E-state index is -0.447. The molecule has 2 aliphatic carbocycles. The SMILES string of the molecule is CC1(Cl)C([Si]C2=Cc3ccccc3C2(C)Cl)=Cc2ccccc21.[Zr]. The molecule has 0 nitrogen and oxygen atoms in total. The Bertz CT molecular complexity index is 794. The number of hydrogen-bond donors (Lipinski definition) is 0. The van der Waals surface area contributed by atoms with Gasteiger partial charge in [0.2, 0.25) is 0 Å². The maximum atomic E-state index is 6.92. The Morgan fingerprint density at radius 2 is 1.08 bits per heavy atom. The number of allylic oxidation sites excluding steroid dienone is 2. The summed E-state index contributed by atoms with van der Waals surface area (Å²) in [4.78, 5) is -0.894. The second-order valence-electron chi connectivity index (χ2n) is 6.42. The van der Waals surface area contributed by atoms with E-state index >= 15 is 0 Å². The molecule has 2 atom stereocenters. The first-order chi connectivity index (χ1) is 10.9. The van der Waals surface area contributed by atoms with Gasteiger partial charge < -0.3 is 0 Å². The van der Waals surface area contributed by atoms with Crippen LogP contribution < -0.4 is 0 Å². The molecule has 0 saturated carbocycles. The largest absolute Gasteiger partial charge is 0.115 e. The van der Waals surface area contributed by atoms with E-state index in [2.05, 4.69) is 74.5 Å². The van der Waals surface area contributed by atoms with Crippen LogP contribution in [-0.4, -0.2) is 9.52 Å². The Balaban J connectivity index is 0.00000169. The summed E-state index contributed by atoms with van der Waals surface area (Å²) < 4.78 is 0. The number of rotatable bonds is 2. The van der Waals surface area contributed by atoms with Crippen molar-refractivity contribution in [2.45, 2.75) is 23.6 Å². The predicted molar refractivity (Wildman–Crippen MR) is 101 cm³/mol. The van der Waals surface area contributed by atoms with Crippen molar-refractivity contribution < 1.29 is 26.2 Å². The molecule has 2 radical (unpaired) electrons. The van der Waals surface area contributed by atoms with Crippen molar-refractivity contribution in [2.24, 2.45) is 0 Å². The van der Waals surface area contributed by atoms with Crippen LogP contribution in [0.2, 0.25) is 0 Å². The topological polar surface area (TPSA) is 0 Å². The normalized spacial score (nSPS) is 27.0. The fourth-order valence-electron chi connectivity index (χ4n) is 3.43. The van der Waals surface area contributed by atoms with E-state index in [4.69, 9.17) is 23.2 Å². The molecular formula is C20H16Cl2SiZr. The number of fused-ring (bicyclic) bond motifs is 2. The van der Waals surface area contributed by atoms with Crippen LogP contribution in [0.4, 0.5) is 0 Å². The first-order valence-corrected chi connectivity index (χ1v) is 9.44. The molecule has 2 aliphatic rings. The fraction of sp³-hybridized carbons (Fsp3) is 0.200. The molecule has 24 heavy (non-hydrogen) atoms. The molecule has 4 rings (SSSR count). The first-order valence-electron chi connectivity index (χ1n) is 7.69. The van der Waals surface area contributed by atoms with Crippen LogP contribution in [-0.2, 0) is 36.0 Å². The quantitative estimate of drug-likeness (QED) is 0.410. The summed E-state index contributed by atoms with van der Waals surface area (Å²) in [7, 11) is 0.493. The zero-order valence-corrected chi connectivity index (χ0v) is 18.5. The van der Waals surface area contributed by atoms with Crippen LogP contribution in [0.15, 0.2) is 58.9 Å². The minimum Gasteiger partial charge on any atom is -0.110 e. The van der Waals surface area contributed by atoms with Gasteiger partial charge in [0.1, 0.15) is 9.52 Å². The number of alkyl halides is 2. The van der Waals surface area contributed by atoms with Crippen molar-refractivity contribution in [1.29, 1.82) is 0 Å². The summed E-state index contributed by atoms with van der Waals surface area (Å²) in [5, 5.41) is 2.48. The molecule has 0 N–H and O–H groups in total.